The van der Waals surface area contributed by atoms with Crippen molar-refractivity contribution in [2.24, 2.45) is 5.41 Å². The van der Waals surface area contributed by atoms with Crippen LogP contribution in [0.5, 0.6) is 11.5 Å². The Kier molecular flexibility index (Phi) is 5.47. The molecule has 0 atom stereocenters. The topological polar surface area (TPSA) is 51.3 Å². The number of aromatic amines is 1. The number of hydrogen-bond donors (Lipinski definition) is 1. The lowest BCUT2D eigenvalue weighted by Gasteiger charge is -2.20. The van der Waals surface area contributed by atoms with E-state index in [1.807, 2.05) is 45.0 Å². The number of pyridine rings is 1. The van der Waals surface area contributed by atoms with E-state index in [0.29, 0.717) is 6.61 Å². The number of hydrogen-bond acceptors (Lipinski definition) is 3. The van der Waals surface area contributed by atoms with E-state index in [1.165, 1.54) is 5.56 Å². The molecule has 0 saturated heterocycles. The zero-order valence-corrected chi connectivity index (χ0v) is 17.4. The van der Waals surface area contributed by atoms with Crippen molar-refractivity contribution in [1.82, 2.24) is 4.98 Å². The molecule has 3 rings (SSSR count). The third-order valence-corrected chi connectivity index (χ3v) is 6.10. The predicted octanol–water partition coefficient (Wildman–Crippen LogP) is 4.98. The largest absolute Gasteiger partial charge is 0.497 e. The first-order chi connectivity index (χ1) is 12.3. The minimum atomic E-state index is 0.00690. The smallest absolute Gasteiger partial charge is 0.252 e. The van der Waals surface area contributed by atoms with Crippen molar-refractivity contribution >= 4 is 15.9 Å². The first-order valence-corrected chi connectivity index (χ1v) is 9.82. The molecule has 0 amide bonds. The molecule has 1 heterocycles. The van der Waals surface area contributed by atoms with Gasteiger partial charge in [-0.3, -0.25) is 4.79 Å². The average molecular weight is 420 g/mol. The molecule has 1 fully saturated rings. The van der Waals surface area contributed by atoms with E-state index in [4.69, 9.17) is 9.47 Å². The molecular weight excluding hydrogens is 394 g/mol. The first-order valence-electron chi connectivity index (χ1n) is 9.03. The van der Waals surface area contributed by atoms with Crippen molar-refractivity contribution in [3.8, 4) is 11.5 Å². The predicted molar refractivity (Wildman–Crippen MR) is 107 cm³/mol. The number of aromatic nitrogens is 1. The molecule has 0 aliphatic heterocycles. The second kappa shape index (κ2) is 7.47. The molecule has 1 aromatic heterocycles. The quantitative estimate of drug-likeness (QED) is 0.688. The molecule has 1 aromatic carbocycles. The number of ether oxygens (including phenoxy) is 2. The molecule has 5 heteroatoms. The van der Waals surface area contributed by atoms with E-state index in [-0.39, 0.29) is 16.9 Å². The van der Waals surface area contributed by atoms with Crippen molar-refractivity contribution < 1.29 is 9.47 Å². The minimum Gasteiger partial charge on any atom is -0.497 e. The summed E-state index contributed by atoms with van der Waals surface area (Å²) in [5.74, 6) is 1.86. The molecule has 1 saturated carbocycles. The molecule has 0 bridgehead atoms. The fraction of sp³-hybridized carbons (Fsp3) is 0.476. The van der Waals surface area contributed by atoms with Crippen LogP contribution in [0.3, 0.4) is 0 Å². The van der Waals surface area contributed by atoms with Crippen molar-refractivity contribution in [1.29, 1.82) is 0 Å². The second-order valence-electron chi connectivity index (χ2n) is 7.58. The third kappa shape index (κ3) is 3.98. The Labute approximate surface area is 163 Å². The lowest BCUT2D eigenvalue weighted by molar-refractivity contribution is 0.232. The Bertz CT molecular complexity index is 836. The van der Waals surface area contributed by atoms with Gasteiger partial charge in [0.1, 0.15) is 11.5 Å². The summed E-state index contributed by atoms with van der Waals surface area (Å²) in [5, 5.41) is 0. The summed E-state index contributed by atoms with van der Waals surface area (Å²) in [6, 6.07) is 7.69. The van der Waals surface area contributed by atoms with Gasteiger partial charge in [0, 0.05) is 21.1 Å². The van der Waals surface area contributed by atoms with E-state index in [0.717, 1.165) is 46.5 Å². The molecule has 140 valence electrons. The van der Waals surface area contributed by atoms with Gasteiger partial charge in [0.15, 0.2) is 0 Å². The molecule has 1 aliphatic rings. The highest BCUT2D eigenvalue weighted by Crippen LogP contribution is 2.50. The summed E-state index contributed by atoms with van der Waals surface area (Å²) in [4.78, 5) is 15.3. The minimum absolute atomic E-state index is 0.00690. The SMILES string of the molecule is COc1ccc(OCC2(Cc3c(C)[nH]c(=O)c(C(C)C)c3Br)CC2)cc1. The Hall–Kier alpha value is -1.75. The van der Waals surface area contributed by atoms with Crippen molar-refractivity contribution in [2.45, 2.75) is 46.0 Å². The van der Waals surface area contributed by atoms with Crippen molar-refractivity contribution in [2.75, 3.05) is 13.7 Å². The summed E-state index contributed by atoms with van der Waals surface area (Å²) in [5.41, 5.74) is 3.13. The second-order valence-corrected chi connectivity index (χ2v) is 8.37. The number of nitrogens with one attached hydrogen (secondary N) is 1. The fourth-order valence-electron chi connectivity index (χ4n) is 3.30. The number of methoxy groups -OCH3 is 1. The number of rotatable bonds is 7. The maximum absolute atomic E-state index is 12.3. The van der Waals surface area contributed by atoms with Gasteiger partial charge in [-0.2, -0.15) is 0 Å². The van der Waals surface area contributed by atoms with Crippen LogP contribution in [0, 0.1) is 12.3 Å². The van der Waals surface area contributed by atoms with Crippen LogP contribution >= 0.6 is 15.9 Å². The first kappa shape index (κ1) is 19.0. The van der Waals surface area contributed by atoms with Gasteiger partial charge in [0.2, 0.25) is 0 Å². The number of benzene rings is 1. The molecule has 0 radical (unpaired) electrons. The summed E-state index contributed by atoms with van der Waals surface area (Å²) in [6.45, 7) is 6.76. The molecule has 1 N–H and O–H groups in total. The fourth-order valence-corrected chi connectivity index (χ4v) is 4.37. The number of aryl methyl sites for hydroxylation is 1. The summed E-state index contributed by atoms with van der Waals surface area (Å²) < 4.78 is 12.2. The third-order valence-electron chi connectivity index (χ3n) is 5.19. The van der Waals surface area contributed by atoms with E-state index in [9.17, 15) is 4.79 Å². The van der Waals surface area contributed by atoms with Crippen LogP contribution in [0.2, 0.25) is 0 Å². The average Bonchev–Trinajstić information content (AvgIpc) is 3.37. The van der Waals surface area contributed by atoms with Crippen LogP contribution in [0.25, 0.3) is 0 Å². The van der Waals surface area contributed by atoms with Gasteiger partial charge < -0.3 is 14.5 Å². The van der Waals surface area contributed by atoms with Gasteiger partial charge in [0.05, 0.1) is 13.7 Å². The van der Waals surface area contributed by atoms with Gasteiger partial charge in [-0.1, -0.05) is 13.8 Å². The standard InChI is InChI=1S/C21H26BrNO3/c1-13(2)18-19(22)17(14(3)23-20(18)24)11-21(9-10-21)12-26-16-7-5-15(25-4)6-8-16/h5-8,13H,9-12H2,1-4H3,(H,23,24). The zero-order chi connectivity index (χ0) is 18.9. The van der Waals surface area contributed by atoms with Gasteiger partial charge >= 0.3 is 0 Å². The summed E-state index contributed by atoms with van der Waals surface area (Å²) >= 11 is 3.70. The summed E-state index contributed by atoms with van der Waals surface area (Å²) in [7, 11) is 1.66. The number of H-pyrrole nitrogens is 1. The lowest BCUT2D eigenvalue weighted by atomic mass is 9.93. The highest BCUT2D eigenvalue weighted by Gasteiger charge is 2.44. The lowest BCUT2D eigenvalue weighted by Crippen LogP contribution is -2.22. The van der Waals surface area contributed by atoms with Crippen LogP contribution in [-0.2, 0) is 6.42 Å². The van der Waals surface area contributed by atoms with Crippen LogP contribution in [-0.4, -0.2) is 18.7 Å². The van der Waals surface area contributed by atoms with E-state index in [2.05, 4.69) is 20.9 Å². The van der Waals surface area contributed by atoms with Gasteiger partial charge in [-0.05, 0) is 77.9 Å². The maximum atomic E-state index is 12.3. The van der Waals surface area contributed by atoms with Crippen molar-refractivity contribution in [3.63, 3.8) is 0 Å². The highest BCUT2D eigenvalue weighted by molar-refractivity contribution is 9.10. The number of halogens is 1. The molecular formula is C21H26BrNO3. The normalized spacial score (nSPS) is 15.2. The van der Waals surface area contributed by atoms with Gasteiger partial charge in [-0.25, -0.2) is 0 Å². The molecule has 4 nitrogen and oxygen atoms in total. The van der Waals surface area contributed by atoms with Crippen LogP contribution in [0.1, 0.15) is 49.4 Å². The zero-order valence-electron chi connectivity index (χ0n) is 15.8. The summed E-state index contributed by atoms with van der Waals surface area (Å²) in [6.07, 6.45) is 3.20. The van der Waals surface area contributed by atoms with Crippen LogP contribution in [0.4, 0.5) is 0 Å². The highest BCUT2D eigenvalue weighted by atomic mass is 79.9. The van der Waals surface area contributed by atoms with Gasteiger partial charge in [-0.15, -0.1) is 0 Å². The van der Waals surface area contributed by atoms with Crippen LogP contribution in [0.15, 0.2) is 33.5 Å². The molecule has 26 heavy (non-hydrogen) atoms. The van der Waals surface area contributed by atoms with E-state index in [1.54, 1.807) is 7.11 Å². The van der Waals surface area contributed by atoms with Gasteiger partial charge in [0.25, 0.3) is 5.56 Å². The van der Waals surface area contributed by atoms with Crippen molar-refractivity contribution in [3.05, 3.63) is 55.9 Å². The molecule has 2 aromatic rings. The Balaban J connectivity index is 1.75. The van der Waals surface area contributed by atoms with Crippen LogP contribution < -0.4 is 15.0 Å². The Morgan fingerprint density at radius 1 is 1.19 bits per heavy atom. The Morgan fingerprint density at radius 3 is 2.35 bits per heavy atom. The molecule has 1 aliphatic carbocycles. The molecule has 0 unspecified atom stereocenters. The monoisotopic (exact) mass is 419 g/mol. The Morgan fingerprint density at radius 2 is 1.81 bits per heavy atom. The molecule has 0 spiro atoms. The van der Waals surface area contributed by atoms with E-state index >= 15 is 0 Å². The maximum Gasteiger partial charge on any atom is 0.252 e. The van der Waals surface area contributed by atoms with E-state index < -0.39 is 0 Å².